The smallest absolute Gasteiger partial charge is 0.357 e. The van der Waals surface area contributed by atoms with Crippen molar-refractivity contribution < 1.29 is 12.9 Å². The van der Waals surface area contributed by atoms with Crippen LogP contribution in [0.15, 0.2) is 30.3 Å². The first-order valence-electron chi connectivity index (χ1n) is 4.35. The van der Waals surface area contributed by atoms with Crippen LogP contribution in [-0.4, -0.2) is 8.76 Å². The lowest BCUT2D eigenvalue weighted by atomic mass is 9.96. The highest BCUT2D eigenvalue weighted by molar-refractivity contribution is 7.74. The Labute approximate surface area is 84.9 Å². The first kappa shape index (κ1) is 9.43. The second kappa shape index (κ2) is 3.94. The number of rotatable bonds is 2. The molecule has 14 heavy (non-hydrogen) atoms. The zero-order chi connectivity index (χ0) is 9.97. The summed E-state index contributed by atoms with van der Waals surface area (Å²) in [5, 5.41) is 0. The molecule has 1 atom stereocenters. The van der Waals surface area contributed by atoms with Crippen molar-refractivity contribution in [1.82, 2.24) is 0 Å². The van der Waals surface area contributed by atoms with E-state index < -0.39 is 11.4 Å². The summed E-state index contributed by atoms with van der Waals surface area (Å²) in [6.45, 7) is 0. The number of allylic oxidation sites excluding steroid dienone is 1. The Hall–Kier alpha value is -1.13. The van der Waals surface area contributed by atoms with Gasteiger partial charge in [0.1, 0.15) is 5.76 Å². The molecule has 0 radical (unpaired) electrons. The van der Waals surface area contributed by atoms with Gasteiger partial charge >= 0.3 is 11.4 Å². The van der Waals surface area contributed by atoms with Crippen molar-refractivity contribution in [1.29, 1.82) is 0 Å². The summed E-state index contributed by atoms with van der Waals surface area (Å²) in [7, 11) is 0. The van der Waals surface area contributed by atoms with Crippen LogP contribution in [0.4, 0.5) is 0 Å². The second-order valence-electron chi connectivity index (χ2n) is 3.06. The first-order chi connectivity index (χ1) is 6.77. The Balaban J connectivity index is 2.35. The highest BCUT2D eigenvalue weighted by atomic mass is 32.2. The topological polar surface area (TPSA) is 46.5 Å². The maximum atomic E-state index is 10.5. The fraction of sp³-hybridized carbons (Fsp3) is 0.200. The molecule has 1 aromatic rings. The Morgan fingerprint density at radius 3 is 2.93 bits per heavy atom. The average Bonchev–Trinajstić information content (AvgIpc) is 2.18. The van der Waals surface area contributed by atoms with E-state index in [0.717, 1.165) is 24.0 Å². The van der Waals surface area contributed by atoms with E-state index in [1.165, 1.54) is 0 Å². The molecule has 1 aromatic carbocycles. The molecule has 0 saturated carbocycles. The predicted molar refractivity (Wildman–Crippen MR) is 54.6 cm³/mol. The van der Waals surface area contributed by atoms with E-state index in [-0.39, 0.29) is 0 Å². The summed E-state index contributed by atoms with van der Waals surface area (Å²) in [6, 6.07) is 7.75. The van der Waals surface area contributed by atoms with Crippen LogP contribution in [0.3, 0.4) is 0 Å². The molecule has 0 bridgehead atoms. The minimum Gasteiger partial charge on any atom is -0.380 e. The van der Waals surface area contributed by atoms with Crippen LogP contribution in [0, 0.1) is 0 Å². The van der Waals surface area contributed by atoms with Crippen molar-refractivity contribution in [3.05, 3.63) is 41.5 Å². The third-order valence-electron chi connectivity index (χ3n) is 2.19. The Morgan fingerprint density at radius 1 is 1.36 bits per heavy atom. The second-order valence-corrected chi connectivity index (χ2v) is 3.67. The highest BCUT2D eigenvalue weighted by Gasteiger charge is 2.14. The highest BCUT2D eigenvalue weighted by Crippen LogP contribution is 2.27. The quantitative estimate of drug-likeness (QED) is 0.760. The lowest BCUT2D eigenvalue weighted by molar-refractivity contribution is 0.435. The lowest BCUT2D eigenvalue weighted by Crippen LogP contribution is -2.03. The molecule has 0 aromatic heterocycles. The molecular weight excluding hydrogens is 200 g/mol. The molecule has 4 heteroatoms. The molecule has 2 rings (SSSR count). The zero-order valence-corrected chi connectivity index (χ0v) is 8.29. The molecule has 0 fully saturated rings. The van der Waals surface area contributed by atoms with Gasteiger partial charge in [-0.05, 0) is 24.5 Å². The fourth-order valence-corrected chi connectivity index (χ4v) is 1.91. The van der Waals surface area contributed by atoms with Gasteiger partial charge in [-0.15, -0.1) is 0 Å². The van der Waals surface area contributed by atoms with E-state index >= 15 is 0 Å². The third kappa shape index (κ3) is 1.86. The number of hydrogen-bond donors (Lipinski definition) is 1. The van der Waals surface area contributed by atoms with Gasteiger partial charge in [0.15, 0.2) is 0 Å². The molecule has 74 valence electrons. The van der Waals surface area contributed by atoms with Gasteiger partial charge in [-0.2, -0.15) is 4.21 Å². The van der Waals surface area contributed by atoms with Gasteiger partial charge in [0, 0.05) is 5.56 Å². The van der Waals surface area contributed by atoms with Crippen molar-refractivity contribution in [2.75, 3.05) is 0 Å². The van der Waals surface area contributed by atoms with Crippen molar-refractivity contribution in [3.63, 3.8) is 0 Å². The molecule has 1 unspecified atom stereocenters. The normalized spacial score (nSPS) is 16.8. The molecule has 0 heterocycles. The average molecular weight is 210 g/mol. The first-order valence-corrected chi connectivity index (χ1v) is 5.38. The summed E-state index contributed by atoms with van der Waals surface area (Å²) in [6.07, 6.45) is 3.65. The monoisotopic (exact) mass is 210 g/mol. The van der Waals surface area contributed by atoms with Crippen LogP contribution in [-0.2, 0) is 22.0 Å². The van der Waals surface area contributed by atoms with E-state index in [9.17, 15) is 4.21 Å². The van der Waals surface area contributed by atoms with Crippen LogP contribution in [0.5, 0.6) is 0 Å². The lowest BCUT2D eigenvalue weighted by Gasteiger charge is -2.15. The summed E-state index contributed by atoms with van der Waals surface area (Å²) < 4.78 is 24.0. The third-order valence-corrected chi connectivity index (χ3v) is 2.51. The van der Waals surface area contributed by atoms with Crippen LogP contribution < -0.4 is 0 Å². The van der Waals surface area contributed by atoms with Gasteiger partial charge in [0.25, 0.3) is 0 Å². The van der Waals surface area contributed by atoms with E-state index in [0.29, 0.717) is 5.76 Å². The van der Waals surface area contributed by atoms with Crippen molar-refractivity contribution in [3.8, 4) is 0 Å². The van der Waals surface area contributed by atoms with Gasteiger partial charge in [0.05, 0.1) is 0 Å². The molecule has 3 nitrogen and oxygen atoms in total. The van der Waals surface area contributed by atoms with Gasteiger partial charge in [-0.3, -0.25) is 4.55 Å². The number of fused-ring (bicyclic) bond motifs is 1. The Kier molecular flexibility index (Phi) is 2.65. The molecule has 1 aliphatic rings. The van der Waals surface area contributed by atoms with Crippen molar-refractivity contribution in [2.45, 2.75) is 12.8 Å². The molecular formula is C10H10O3S. The van der Waals surface area contributed by atoms with Crippen LogP contribution in [0.25, 0.3) is 5.76 Å². The van der Waals surface area contributed by atoms with Gasteiger partial charge in [0.2, 0.25) is 0 Å². The predicted octanol–water partition coefficient (Wildman–Crippen LogP) is 2.13. The molecule has 1 aliphatic carbocycles. The molecule has 0 amide bonds. The van der Waals surface area contributed by atoms with E-state index in [4.69, 9.17) is 8.74 Å². The Bertz CT molecular complexity index is 398. The van der Waals surface area contributed by atoms with Crippen LogP contribution in [0.1, 0.15) is 17.5 Å². The van der Waals surface area contributed by atoms with Crippen molar-refractivity contribution in [2.24, 2.45) is 0 Å². The number of aryl methyl sites for hydroxylation is 1. The SMILES string of the molecule is O=S(O)OC1=CCCc2ccccc21. The van der Waals surface area contributed by atoms with E-state index in [2.05, 4.69) is 0 Å². The summed E-state index contributed by atoms with van der Waals surface area (Å²) in [4.78, 5) is 0. The minimum absolute atomic E-state index is 0.507. The van der Waals surface area contributed by atoms with Gasteiger partial charge < -0.3 is 4.18 Å². The van der Waals surface area contributed by atoms with Crippen LogP contribution in [0.2, 0.25) is 0 Å². The molecule has 1 N–H and O–H groups in total. The van der Waals surface area contributed by atoms with Crippen LogP contribution >= 0.6 is 0 Å². The Morgan fingerprint density at radius 2 is 2.14 bits per heavy atom. The van der Waals surface area contributed by atoms with Gasteiger partial charge in [-0.25, -0.2) is 0 Å². The standard InChI is InChI=1S/C10H10O3S/c11-14(12)13-10-7-3-5-8-4-1-2-6-9(8)10/h1-2,4,6-7H,3,5H2,(H,11,12). The summed E-state index contributed by atoms with van der Waals surface area (Å²) in [5.41, 5.74) is 2.08. The van der Waals surface area contributed by atoms with E-state index in [1.54, 1.807) is 0 Å². The summed E-state index contributed by atoms with van der Waals surface area (Å²) >= 11 is -2.24. The molecule has 0 saturated heterocycles. The zero-order valence-electron chi connectivity index (χ0n) is 7.47. The largest absolute Gasteiger partial charge is 0.380 e. The van der Waals surface area contributed by atoms with Gasteiger partial charge in [-0.1, -0.05) is 24.3 Å². The van der Waals surface area contributed by atoms with Crippen molar-refractivity contribution >= 4 is 17.1 Å². The molecule has 0 aliphatic heterocycles. The summed E-state index contributed by atoms with van der Waals surface area (Å²) in [5.74, 6) is 0.507. The minimum atomic E-state index is -2.24. The number of benzene rings is 1. The number of hydrogen-bond acceptors (Lipinski definition) is 2. The maximum Gasteiger partial charge on any atom is 0.357 e. The fourth-order valence-electron chi connectivity index (χ4n) is 1.60. The molecule has 0 spiro atoms. The maximum absolute atomic E-state index is 10.5. The van der Waals surface area contributed by atoms with E-state index in [1.807, 2.05) is 30.3 Å².